The van der Waals surface area contributed by atoms with Crippen LogP contribution in [0.2, 0.25) is 0 Å². The van der Waals surface area contributed by atoms with E-state index in [9.17, 15) is 9.90 Å². The van der Waals surface area contributed by atoms with Gasteiger partial charge in [-0.1, -0.05) is 0 Å². The second-order valence-corrected chi connectivity index (χ2v) is 6.90. The van der Waals surface area contributed by atoms with E-state index < -0.39 is 11.5 Å². The monoisotopic (exact) mass is 283 g/mol. The first-order valence-electron chi connectivity index (χ1n) is 7.80. The van der Waals surface area contributed by atoms with Gasteiger partial charge in [-0.05, 0) is 59.7 Å². The smallest absolute Gasteiger partial charge is 0.323 e. The van der Waals surface area contributed by atoms with Crippen LogP contribution in [0.15, 0.2) is 0 Å². The summed E-state index contributed by atoms with van der Waals surface area (Å²) in [4.78, 5) is 16.3. The molecule has 5 heteroatoms. The molecule has 116 valence electrons. The lowest BCUT2D eigenvalue weighted by Crippen LogP contribution is -2.53. The zero-order chi connectivity index (χ0) is 14.8. The Morgan fingerprint density at radius 1 is 1.40 bits per heavy atom. The van der Waals surface area contributed by atoms with E-state index in [0.29, 0.717) is 18.5 Å². The van der Waals surface area contributed by atoms with Gasteiger partial charge in [0, 0.05) is 25.2 Å². The van der Waals surface area contributed by atoms with Crippen LogP contribution in [0, 0.1) is 0 Å². The Bertz CT molecular complexity index is 344. The summed E-state index contributed by atoms with van der Waals surface area (Å²) >= 11 is 0. The highest BCUT2D eigenvalue weighted by atomic mass is 16.4. The maximum atomic E-state index is 11.6. The molecule has 0 radical (unpaired) electrons. The standard InChI is InChI=1S/C15H29N3O2/c1-15(14(19)20,16-12-6-7-12)8-10-18-9-4-5-13(18)11-17(2)3/h12-13,16H,4-11H2,1-3H3,(H,19,20). The van der Waals surface area contributed by atoms with Gasteiger partial charge in [-0.15, -0.1) is 0 Å². The van der Waals surface area contributed by atoms with E-state index in [1.165, 1.54) is 12.8 Å². The van der Waals surface area contributed by atoms with Crippen LogP contribution in [0.5, 0.6) is 0 Å². The van der Waals surface area contributed by atoms with Crippen molar-refractivity contribution in [3.05, 3.63) is 0 Å². The number of aliphatic carboxylic acids is 1. The maximum absolute atomic E-state index is 11.6. The van der Waals surface area contributed by atoms with Gasteiger partial charge >= 0.3 is 5.97 Å². The fourth-order valence-electron chi connectivity index (χ4n) is 3.10. The summed E-state index contributed by atoms with van der Waals surface area (Å²) in [6.07, 6.45) is 5.39. The molecule has 2 aliphatic rings. The van der Waals surface area contributed by atoms with Crippen LogP contribution in [0.4, 0.5) is 0 Å². The molecule has 0 bridgehead atoms. The van der Waals surface area contributed by atoms with Crippen molar-refractivity contribution in [2.45, 2.75) is 56.7 Å². The number of likely N-dealkylation sites (N-methyl/N-ethyl adjacent to an activating group) is 1. The molecular weight excluding hydrogens is 254 g/mol. The van der Waals surface area contributed by atoms with Crippen molar-refractivity contribution < 1.29 is 9.90 Å². The molecular formula is C15H29N3O2. The fourth-order valence-corrected chi connectivity index (χ4v) is 3.10. The lowest BCUT2D eigenvalue weighted by Gasteiger charge is -2.32. The summed E-state index contributed by atoms with van der Waals surface area (Å²) in [6.45, 7) is 4.89. The van der Waals surface area contributed by atoms with Gasteiger partial charge in [-0.3, -0.25) is 15.0 Å². The van der Waals surface area contributed by atoms with Crippen LogP contribution in [-0.2, 0) is 4.79 Å². The minimum absolute atomic E-state index is 0.423. The number of carbonyl (C=O) groups is 1. The van der Waals surface area contributed by atoms with Crippen LogP contribution in [-0.4, -0.2) is 72.2 Å². The molecule has 2 rings (SSSR count). The topological polar surface area (TPSA) is 55.8 Å². The van der Waals surface area contributed by atoms with Gasteiger partial charge in [0.1, 0.15) is 5.54 Å². The van der Waals surface area contributed by atoms with E-state index in [0.717, 1.165) is 32.5 Å². The first-order valence-corrected chi connectivity index (χ1v) is 7.80. The van der Waals surface area contributed by atoms with Gasteiger partial charge in [-0.25, -0.2) is 0 Å². The van der Waals surface area contributed by atoms with Crippen LogP contribution in [0.25, 0.3) is 0 Å². The molecule has 0 aromatic heterocycles. The highest BCUT2D eigenvalue weighted by Gasteiger charge is 2.39. The third-order valence-corrected chi connectivity index (χ3v) is 4.55. The summed E-state index contributed by atoms with van der Waals surface area (Å²) in [5.74, 6) is -0.715. The van der Waals surface area contributed by atoms with Crippen molar-refractivity contribution in [3.63, 3.8) is 0 Å². The summed E-state index contributed by atoms with van der Waals surface area (Å²) < 4.78 is 0. The molecule has 1 saturated carbocycles. The number of hydrogen-bond acceptors (Lipinski definition) is 4. The molecule has 1 aliphatic heterocycles. The Kier molecular flexibility index (Phi) is 5.04. The van der Waals surface area contributed by atoms with Crippen LogP contribution in [0.3, 0.4) is 0 Å². The third kappa shape index (κ3) is 4.17. The van der Waals surface area contributed by atoms with E-state index in [-0.39, 0.29) is 0 Å². The predicted molar refractivity (Wildman–Crippen MR) is 80.0 cm³/mol. The van der Waals surface area contributed by atoms with Gasteiger partial charge in [-0.2, -0.15) is 0 Å². The number of likely N-dealkylation sites (tertiary alicyclic amines) is 1. The Morgan fingerprint density at radius 2 is 2.10 bits per heavy atom. The van der Waals surface area contributed by atoms with Crippen molar-refractivity contribution in [2.75, 3.05) is 33.7 Å². The van der Waals surface area contributed by atoms with Crippen molar-refractivity contribution in [2.24, 2.45) is 0 Å². The molecule has 1 heterocycles. The quantitative estimate of drug-likeness (QED) is 0.696. The average Bonchev–Trinajstić information content (AvgIpc) is 3.05. The SMILES string of the molecule is CN(C)CC1CCCN1CCC(C)(NC1CC1)C(=O)O. The summed E-state index contributed by atoms with van der Waals surface area (Å²) in [5, 5.41) is 12.8. The Balaban J connectivity index is 1.86. The van der Waals surface area contributed by atoms with Crippen LogP contribution in [0.1, 0.15) is 39.0 Å². The van der Waals surface area contributed by atoms with Gasteiger partial charge < -0.3 is 10.0 Å². The zero-order valence-corrected chi connectivity index (χ0v) is 13.1. The normalized spacial score (nSPS) is 26.9. The molecule has 1 saturated heterocycles. The lowest BCUT2D eigenvalue weighted by atomic mass is 9.97. The van der Waals surface area contributed by atoms with Crippen LogP contribution < -0.4 is 5.32 Å². The number of carboxylic acids is 1. The highest BCUT2D eigenvalue weighted by molar-refractivity contribution is 5.78. The van der Waals surface area contributed by atoms with Gasteiger partial charge in [0.05, 0.1) is 0 Å². The molecule has 1 aliphatic carbocycles. The van der Waals surface area contributed by atoms with E-state index in [1.54, 1.807) is 0 Å². The molecule has 0 aromatic carbocycles. The second kappa shape index (κ2) is 6.41. The van der Waals surface area contributed by atoms with E-state index in [4.69, 9.17) is 0 Å². The Hall–Kier alpha value is -0.650. The zero-order valence-electron chi connectivity index (χ0n) is 13.1. The van der Waals surface area contributed by atoms with E-state index >= 15 is 0 Å². The molecule has 0 aromatic rings. The summed E-state index contributed by atoms with van der Waals surface area (Å²) in [6, 6.07) is 1.01. The predicted octanol–water partition coefficient (Wildman–Crippen LogP) is 0.998. The number of carboxylic acid groups (broad SMARTS) is 1. The van der Waals surface area contributed by atoms with Crippen molar-refractivity contribution in [3.8, 4) is 0 Å². The maximum Gasteiger partial charge on any atom is 0.323 e. The second-order valence-electron chi connectivity index (χ2n) is 6.90. The first kappa shape index (κ1) is 15.7. The Labute approximate surface area is 122 Å². The highest BCUT2D eigenvalue weighted by Crippen LogP contribution is 2.26. The molecule has 0 spiro atoms. The van der Waals surface area contributed by atoms with Gasteiger partial charge in [0.15, 0.2) is 0 Å². The molecule has 2 fully saturated rings. The minimum atomic E-state index is -0.771. The summed E-state index contributed by atoms with van der Waals surface area (Å²) in [7, 11) is 4.21. The van der Waals surface area contributed by atoms with E-state index in [2.05, 4.69) is 29.2 Å². The number of hydrogen-bond donors (Lipinski definition) is 2. The van der Waals surface area contributed by atoms with Crippen molar-refractivity contribution in [1.82, 2.24) is 15.1 Å². The number of nitrogens with zero attached hydrogens (tertiary/aromatic N) is 2. The molecule has 2 unspecified atom stereocenters. The fraction of sp³-hybridized carbons (Fsp3) is 0.933. The molecule has 2 atom stereocenters. The van der Waals surface area contributed by atoms with Crippen LogP contribution >= 0.6 is 0 Å². The molecule has 20 heavy (non-hydrogen) atoms. The van der Waals surface area contributed by atoms with E-state index in [1.807, 2.05) is 6.92 Å². The largest absolute Gasteiger partial charge is 0.480 e. The number of nitrogens with one attached hydrogen (secondary N) is 1. The van der Waals surface area contributed by atoms with Gasteiger partial charge in [0.25, 0.3) is 0 Å². The minimum Gasteiger partial charge on any atom is -0.480 e. The van der Waals surface area contributed by atoms with Crippen molar-refractivity contribution >= 4 is 5.97 Å². The first-order chi connectivity index (χ1) is 9.40. The third-order valence-electron chi connectivity index (χ3n) is 4.55. The summed E-state index contributed by atoms with van der Waals surface area (Å²) in [5.41, 5.74) is -0.771. The molecule has 0 amide bonds. The molecule has 5 nitrogen and oxygen atoms in total. The van der Waals surface area contributed by atoms with Gasteiger partial charge in [0.2, 0.25) is 0 Å². The van der Waals surface area contributed by atoms with Crippen molar-refractivity contribution in [1.29, 1.82) is 0 Å². The lowest BCUT2D eigenvalue weighted by molar-refractivity contribution is -0.144. The Morgan fingerprint density at radius 3 is 2.65 bits per heavy atom. The number of rotatable bonds is 8. The average molecular weight is 283 g/mol. The molecule has 2 N–H and O–H groups in total.